The number of benzene rings is 2. The van der Waals surface area contributed by atoms with Gasteiger partial charge in [0.1, 0.15) is 24.2 Å². The lowest BCUT2D eigenvalue weighted by molar-refractivity contribution is -0.141. The molecule has 0 bridgehead atoms. The van der Waals surface area contributed by atoms with Crippen molar-refractivity contribution >= 4 is 52.8 Å². The zero-order chi connectivity index (χ0) is 40.7. The zero-order valence-electron chi connectivity index (χ0n) is 31.5. The first-order chi connectivity index (χ1) is 25.3. The summed E-state index contributed by atoms with van der Waals surface area (Å²) in [6.07, 6.45) is -0.338. The summed E-state index contributed by atoms with van der Waals surface area (Å²) < 4.78 is 0. The number of carbonyl (C=O) groups excluding carboxylic acids is 7. The predicted molar refractivity (Wildman–Crippen MR) is 204 cm³/mol. The van der Waals surface area contributed by atoms with Crippen LogP contribution in [0.3, 0.4) is 0 Å². The summed E-state index contributed by atoms with van der Waals surface area (Å²) in [7, 11) is 0. The number of nitrogens with one attached hydrogen (secondary N) is 6. The number of ketones is 1. The predicted octanol–water partition coefficient (Wildman–Crippen LogP) is 0.0367. The smallest absolute Gasteiger partial charge is 0.289 e. The van der Waals surface area contributed by atoms with E-state index in [9.17, 15) is 38.7 Å². The maximum absolute atomic E-state index is 13.2. The Morgan fingerprint density at radius 3 is 1.74 bits per heavy atom. The molecule has 0 aliphatic rings. The summed E-state index contributed by atoms with van der Waals surface area (Å²) in [4.78, 5) is 90.5. The van der Waals surface area contributed by atoms with Crippen molar-refractivity contribution in [3.63, 3.8) is 0 Å². The van der Waals surface area contributed by atoms with Crippen molar-refractivity contribution in [2.24, 2.45) is 11.5 Å². The van der Waals surface area contributed by atoms with E-state index in [2.05, 4.69) is 31.9 Å². The number of carbonyl (C=O) groups is 7. The molecule has 6 amide bonds. The van der Waals surface area contributed by atoms with Gasteiger partial charge in [-0.2, -0.15) is 0 Å². The molecule has 0 heterocycles. The molecule has 0 fully saturated rings. The van der Waals surface area contributed by atoms with Gasteiger partial charge in [0.2, 0.25) is 29.4 Å². The molecule has 296 valence electrons. The minimum Gasteiger partial charge on any atom is -0.391 e. The Balaban J connectivity index is 2.05. The van der Waals surface area contributed by atoms with E-state index in [1.807, 2.05) is 12.1 Å². The van der Waals surface area contributed by atoms with Crippen LogP contribution in [-0.4, -0.2) is 101 Å². The van der Waals surface area contributed by atoms with Gasteiger partial charge in [-0.25, -0.2) is 0 Å². The van der Waals surface area contributed by atoms with Crippen LogP contribution in [0.1, 0.15) is 71.2 Å². The summed E-state index contributed by atoms with van der Waals surface area (Å²) in [6.45, 7) is 9.00. The zero-order valence-corrected chi connectivity index (χ0v) is 32.2. The molecule has 0 spiro atoms. The summed E-state index contributed by atoms with van der Waals surface area (Å²) in [5.41, 5.74) is 12.6. The Morgan fingerprint density at radius 1 is 0.685 bits per heavy atom. The SMILES string of the molecule is C[C@H](NC(=O)[C@@H](NC(=O)[C@H](CN)NC(=O)c1ccc(-c2ccc(Cl)cc2)cc1)[C@@H](C)O)C(=O)N[C@@H](CCCCN)C(=O)N[C@@H](C)C(=O)C(=O)NC(C)(C)C. The molecule has 0 aliphatic carbocycles. The van der Waals surface area contributed by atoms with E-state index >= 15 is 0 Å². The summed E-state index contributed by atoms with van der Waals surface area (Å²) >= 11 is 5.96. The highest BCUT2D eigenvalue weighted by molar-refractivity contribution is 6.38. The standard InChI is InChI=1S/C37H53ClN8O8/c1-20(30(48)36(54)46-37(4,5)6)41-33(51)27(9-7-8-18-39)43-31(49)21(2)42-35(53)29(22(3)47)45-34(52)28(19-40)44-32(50)25-12-10-23(11-13-25)24-14-16-26(38)17-15-24/h10-17,20-22,27-29,47H,7-9,18-19,39-40H2,1-6H3,(H,41,51)(H,42,53)(H,43,49)(H,44,50)(H,45,52)(H,46,54)/t20-,21-,22+,27-,28-,29-/m0/s1. The van der Waals surface area contributed by atoms with Gasteiger partial charge >= 0.3 is 0 Å². The number of unbranched alkanes of at least 4 members (excludes halogenated alkanes) is 1. The minimum atomic E-state index is -1.56. The molecule has 6 atom stereocenters. The second-order valence-electron chi connectivity index (χ2n) is 13.9. The Kier molecular flexibility index (Phi) is 17.7. The van der Waals surface area contributed by atoms with Gasteiger partial charge in [0.05, 0.1) is 12.1 Å². The van der Waals surface area contributed by atoms with Crippen molar-refractivity contribution in [2.45, 2.75) is 103 Å². The van der Waals surface area contributed by atoms with E-state index in [0.717, 1.165) is 11.1 Å². The van der Waals surface area contributed by atoms with Gasteiger partial charge in [-0.05, 0) is 103 Å². The summed E-state index contributed by atoms with van der Waals surface area (Å²) in [5.74, 6) is -5.68. The van der Waals surface area contributed by atoms with Crippen molar-refractivity contribution in [3.05, 3.63) is 59.1 Å². The van der Waals surface area contributed by atoms with Crippen LogP contribution >= 0.6 is 11.6 Å². The van der Waals surface area contributed by atoms with Crippen LogP contribution < -0.4 is 43.4 Å². The minimum absolute atomic E-state index is 0.135. The van der Waals surface area contributed by atoms with Gasteiger partial charge < -0.3 is 48.5 Å². The fraction of sp³-hybridized carbons (Fsp3) is 0.486. The third-order valence-electron chi connectivity index (χ3n) is 8.04. The third-order valence-corrected chi connectivity index (χ3v) is 8.29. The van der Waals surface area contributed by atoms with E-state index in [4.69, 9.17) is 23.1 Å². The number of hydrogen-bond donors (Lipinski definition) is 9. The molecule has 2 aromatic rings. The van der Waals surface area contributed by atoms with Gasteiger partial charge in [-0.15, -0.1) is 0 Å². The van der Waals surface area contributed by atoms with Crippen LogP contribution in [0.4, 0.5) is 0 Å². The Hall–Kier alpha value is -4.90. The van der Waals surface area contributed by atoms with Crippen LogP contribution in [0.15, 0.2) is 48.5 Å². The number of rotatable bonds is 19. The molecule has 11 N–H and O–H groups in total. The fourth-order valence-electron chi connectivity index (χ4n) is 4.99. The first kappa shape index (κ1) is 45.3. The molecule has 54 heavy (non-hydrogen) atoms. The highest BCUT2D eigenvalue weighted by atomic mass is 35.5. The van der Waals surface area contributed by atoms with Crippen LogP contribution in [0.25, 0.3) is 11.1 Å². The Morgan fingerprint density at radius 2 is 1.22 bits per heavy atom. The average Bonchev–Trinajstić information content (AvgIpc) is 3.11. The maximum atomic E-state index is 13.2. The lowest BCUT2D eigenvalue weighted by Crippen LogP contribution is -2.61. The molecule has 0 saturated heterocycles. The highest BCUT2D eigenvalue weighted by Crippen LogP contribution is 2.22. The largest absolute Gasteiger partial charge is 0.391 e. The van der Waals surface area contributed by atoms with Crippen LogP contribution in [0.5, 0.6) is 0 Å². The Labute approximate surface area is 320 Å². The van der Waals surface area contributed by atoms with Crippen molar-refractivity contribution < 1.29 is 38.7 Å². The summed E-state index contributed by atoms with van der Waals surface area (Å²) in [5, 5.41) is 25.8. The van der Waals surface area contributed by atoms with Crippen LogP contribution in [0.2, 0.25) is 5.02 Å². The van der Waals surface area contributed by atoms with Gasteiger partial charge in [0.25, 0.3) is 11.8 Å². The molecular formula is C37H53ClN8O8. The molecule has 0 radical (unpaired) electrons. The summed E-state index contributed by atoms with van der Waals surface area (Å²) in [6, 6.07) is 7.28. The third kappa shape index (κ3) is 14.5. The number of hydrogen-bond acceptors (Lipinski definition) is 10. The topological polar surface area (TPSA) is 264 Å². The van der Waals surface area contributed by atoms with Gasteiger partial charge in [-0.1, -0.05) is 35.9 Å². The fourth-order valence-corrected chi connectivity index (χ4v) is 5.12. The number of nitrogens with two attached hydrogens (primary N) is 2. The molecule has 17 heteroatoms. The lowest BCUT2D eigenvalue weighted by atomic mass is 10.0. The number of aliphatic hydroxyl groups excluding tert-OH is 1. The molecule has 0 aliphatic heterocycles. The Bertz CT molecular complexity index is 1630. The first-order valence-corrected chi connectivity index (χ1v) is 18.0. The number of halogens is 1. The molecular weight excluding hydrogens is 720 g/mol. The second-order valence-corrected chi connectivity index (χ2v) is 14.4. The van der Waals surface area contributed by atoms with Gasteiger partial charge in [0.15, 0.2) is 0 Å². The van der Waals surface area contributed by atoms with E-state index in [0.29, 0.717) is 24.4 Å². The quantitative estimate of drug-likeness (QED) is 0.0684. The molecule has 0 saturated carbocycles. The monoisotopic (exact) mass is 772 g/mol. The van der Waals surface area contributed by atoms with E-state index in [1.54, 1.807) is 57.2 Å². The average molecular weight is 773 g/mol. The van der Waals surface area contributed by atoms with E-state index in [-0.39, 0.29) is 18.5 Å². The van der Waals surface area contributed by atoms with E-state index < -0.39 is 83.1 Å². The molecule has 0 unspecified atom stereocenters. The number of Topliss-reactive ketones (excluding diaryl/α,β-unsaturated/α-hetero) is 1. The van der Waals surface area contributed by atoms with Crippen molar-refractivity contribution in [1.29, 1.82) is 0 Å². The van der Waals surface area contributed by atoms with Crippen molar-refractivity contribution in [2.75, 3.05) is 13.1 Å². The molecule has 0 aromatic heterocycles. The first-order valence-electron chi connectivity index (χ1n) is 17.6. The number of amides is 6. The van der Waals surface area contributed by atoms with Crippen LogP contribution in [0, 0.1) is 0 Å². The second kappa shape index (κ2) is 21.1. The maximum Gasteiger partial charge on any atom is 0.289 e. The highest BCUT2D eigenvalue weighted by Gasteiger charge is 2.33. The van der Waals surface area contributed by atoms with Crippen molar-refractivity contribution in [3.8, 4) is 11.1 Å². The van der Waals surface area contributed by atoms with Gasteiger partial charge in [-0.3, -0.25) is 33.6 Å². The van der Waals surface area contributed by atoms with Gasteiger partial charge in [0, 0.05) is 22.7 Å². The normalized spacial score (nSPS) is 14.6. The number of aliphatic hydroxyl groups is 1. The molecule has 2 rings (SSSR count). The van der Waals surface area contributed by atoms with E-state index in [1.165, 1.54) is 20.8 Å². The van der Waals surface area contributed by atoms with Crippen molar-refractivity contribution in [1.82, 2.24) is 31.9 Å². The van der Waals surface area contributed by atoms with Crippen LogP contribution in [-0.2, 0) is 28.8 Å². The lowest BCUT2D eigenvalue weighted by Gasteiger charge is -2.26. The molecule has 2 aromatic carbocycles. The molecule has 16 nitrogen and oxygen atoms in total.